The van der Waals surface area contributed by atoms with E-state index in [2.05, 4.69) is 16.2 Å². The Morgan fingerprint density at radius 2 is 1.94 bits per heavy atom. The summed E-state index contributed by atoms with van der Waals surface area (Å²) in [7, 11) is -3.41. The zero-order chi connectivity index (χ0) is 12.7. The van der Waals surface area contributed by atoms with Gasteiger partial charge >= 0.3 is 0 Å². The summed E-state index contributed by atoms with van der Waals surface area (Å²) in [6.45, 7) is 3.85. The van der Waals surface area contributed by atoms with Gasteiger partial charge in [0.05, 0.1) is 25.2 Å². The molecule has 0 spiro atoms. The van der Waals surface area contributed by atoms with Crippen molar-refractivity contribution in [2.24, 2.45) is 0 Å². The van der Waals surface area contributed by atoms with Crippen LogP contribution >= 0.6 is 0 Å². The number of hydrogen-bond acceptors (Lipinski definition) is 5. The zero-order valence-corrected chi connectivity index (χ0v) is 10.4. The van der Waals surface area contributed by atoms with Crippen LogP contribution in [0.1, 0.15) is 5.56 Å². The molecule has 0 bridgehead atoms. The van der Waals surface area contributed by atoms with Crippen LogP contribution in [0.3, 0.4) is 0 Å². The number of nitrogens with one attached hydrogen (secondary N) is 1. The fourth-order valence-electron chi connectivity index (χ4n) is 1.06. The lowest BCUT2D eigenvalue weighted by atomic mass is 10.2. The van der Waals surface area contributed by atoms with Crippen molar-refractivity contribution in [3.05, 3.63) is 42.5 Å². The Morgan fingerprint density at radius 1 is 1.29 bits per heavy atom. The molecule has 0 aliphatic carbocycles. The van der Waals surface area contributed by atoms with Crippen molar-refractivity contribution in [3.63, 3.8) is 0 Å². The highest BCUT2D eigenvalue weighted by molar-refractivity contribution is 7.85. The van der Waals surface area contributed by atoms with E-state index in [-0.39, 0.29) is 13.2 Å². The predicted octanol–water partition coefficient (Wildman–Crippen LogP) is 1.15. The molecule has 1 aromatic carbocycles. The third kappa shape index (κ3) is 6.06. The van der Waals surface area contributed by atoms with Gasteiger partial charge in [-0.15, -0.1) is 0 Å². The average molecular weight is 257 g/mol. The van der Waals surface area contributed by atoms with Crippen LogP contribution in [0.25, 0.3) is 5.70 Å². The van der Waals surface area contributed by atoms with Gasteiger partial charge in [0.25, 0.3) is 10.1 Å². The minimum Gasteiger partial charge on any atom is -0.274 e. The van der Waals surface area contributed by atoms with Gasteiger partial charge in [-0.1, -0.05) is 36.9 Å². The molecule has 0 aliphatic rings. The summed E-state index contributed by atoms with van der Waals surface area (Å²) in [5.41, 5.74) is 4.12. The lowest BCUT2D eigenvalue weighted by Gasteiger charge is -2.09. The quantitative estimate of drug-likeness (QED) is 0.451. The Labute approximate surface area is 101 Å². The first kappa shape index (κ1) is 13.7. The molecule has 0 aromatic heterocycles. The molecule has 1 N–H and O–H groups in total. The fraction of sp³-hybridized carbons (Fsp3) is 0.273. The normalized spacial score (nSPS) is 11.1. The van der Waals surface area contributed by atoms with Gasteiger partial charge in [0.1, 0.15) is 0 Å². The van der Waals surface area contributed by atoms with Crippen LogP contribution in [0.15, 0.2) is 36.9 Å². The number of benzene rings is 1. The van der Waals surface area contributed by atoms with E-state index in [0.29, 0.717) is 5.70 Å². The molecule has 0 amide bonds. The van der Waals surface area contributed by atoms with Gasteiger partial charge in [-0.05, 0) is 5.56 Å². The van der Waals surface area contributed by atoms with E-state index < -0.39 is 10.1 Å². The second-order valence-electron chi connectivity index (χ2n) is 3.32. The fourth-order valence-corrected chi connectivity index (χ4v) is 1.43. The minimum atomic E-state index is -3.41. The molecule has 0 saturated heterocycles. The van der Waals surface area contributed by atoms with Gasteiger partial charge in [-0.3, -0.25) is 14.5 Å². The largest absolute Gasteiger partial charge is 0.274 e. The second kappa shape index (κ2) is 6.39. The molecule has 17 heavy (non-hydrogen) atoms. The summed E-state index contributed by atoms with van der Waals surface area (Å²) in [6.07, 6.45) is 0.989. The Hall–Kier alpha value is -1.37. The van der Waals surface area contributed by atoms with Crippen LogP contribution in [-0.4, -0.2) is 27.9 Å². The highest BCUT2D eigenvalue weighted by Crippen LogP contribution is 2.07. The standard InChI is InChI=1S/C11H15NO4S/c1-10(11-6-4-3-5-7-11)12-15-8-9-16-17(2,13)14/h3-7,12H,1,8-9H2,2H3. The summed E-state index contributed by atoms with van der Waals surface area (Å²) in [6, 6.07) is 9.43. The van der Waals surface area contributed by atoms with Gasteiger partial charge in [-0.2, -0.15) is 8.42 Å². The van der Waals surface area contributed by atoms with Crippen molar-refractivity contribution >= 4 is 15.8 Å². The van der Waals surface area contributed by atoms with Crippen molar-refractivity contribution in [2.45, 2.75) is 0 Å². The molecular weight excluding hydrogens is 242 g/mol. The van der Waals surface area contributed by atoms with E-state index in [4.69, 9.17) is 4.84 Å². The van der Waals surface area contributed by atoms with Gasteiger partial charge in [0, 0.05) is 0 Å². The molecule has 94 valence electrons. The van der Waals surface area contributed by atoms with E-state index in [1.807, 2.05) is 30.3 Å². The van der Waals surface area contributed by atoms with Gasteiger partial charge in [-0.25, -0.2) is 0 Å². The Kier molecular flexibility index (Phi) is 5.14. The number of hydrogen-bond donors (Lipinski definition) is 1. The molecule has 0 fully saturated rings. The maximum atomic E-state index is 10.6. The van der Waals surface area contributed by atoms with Crippen LogP contribution in [0, 0.1) is 0 Å². The predicted molar refractivity (Wildman–Crippen MR) is 65.4 cm³/mol. The Bertz CT molecular complexity index is 456. The molecule has 0 radical (unpaired) electrons. The van der Waals surface area contributed by atoms with E-state index in [9.17, 15) is 8.42 Å². The average Bonchev–Trinajstić information content (AvgIpc) is 2.28. The topological polar surface area (TPSA) is 64.6 Å². The van der Waals surface area contributed by atoms with Crippen molar-refractivity contribution in [3.8, 4) is 0 Å². The summed E-state index contributed by atoms with van der Waals surface area (Å²) in [5.74, 6) is 0. The Balaban J connectivity index is 2.22. The first-order valence-corrected chi connectivity index (χ1v) is 6.77. The van der Waals surface area contributed by atoms with Crippen LogP contribution in [0.5, 0.6) is 0 Å². The molecule has 0 unspecified atom stereocenters. The number of hydroxylamine groups is 1. The van der Waals surface area contributed by atoms with E-state index in [0.717, 1.165) is 11.8 Å². The maximum Gasteiger partial charge on any atom is 0.264 e. The highest BCUT2D eigenvalue weighted by atomic mass is 32.2. The summed E-state index contributed by atoms with van der Waals surface area (Å²) in [5, 5.41) is 0. The smallest absolute Gasteiger partial charge is 0.264 e. The van der Waals surface area contributed by atoms with Crippen molar-refractivity contribution < 1.29 is 17.4 Å². The van der Waals surface area contributed by atoms with Crippen LogP contribution < -0.4 is 5.48 Å². The van der Waals surface area contributed by atoms with Gasteiger partial charge in [0.15, 0.2) is 0 Å². The molecular formula is C11H15NO4S. The van der Waals surface area contributed by atoms with Crippen LogP contribution in [0.2, 0.25) is 0 Å². The van der Waals surface area contributed by atoms with Gasteiger partial charge in [0.2, 0.25) is 0 Å². The molecule has 6 heteroatoms. The minimum absolute atomic E-state index is 0.0338. The lowest BCUT2D eigenvalue weighted by Crippen LogP contribution is -2.17. The molecule has 0 saturated carbocycles. The third-order valence-electron chi connectivity index (χ3n) is 1.80. The molecule has 1 aromatic rings. The van der Waals surface area contributed by atoms with Crippen molar-refractivity contribution in [1.29, 1.82) is 0 Å². The molecule has 0 atom stereocenters. The molecule has 0 aliphatic heterocycles. The van der Waals surface area contributed by atoms with Gasteiger partial charge < -0.3 is 0 Å². The molecule has 5 nitrogen and oxygen atoms in total. The lowest BCUT2D eigenvalue weighted by molar-refractivity contribution is 0.0558. The second-order valence-corrected chi connectivity index (χ2v) is 4.97. The van der Waals surface area contributed by atoms with Crippen LogP contribution in [0.4, 0.5) is 0 Å². The molecule has 0 heterocycles. The van der Waals surface area contributed by atoms with Crippen LogP contribution in [-0.2, 0) is 19.1 Å². The zero-order valence-electron chi connectivity index (χ0n) is 9.55. The molecule has 1 rings (SSSR count). The van der Waals surface area contributed by atoms with Crippen molar-refractivity contribution in [2.75, 3.05) is 19.5 Å². The maximum absolute atomic E-state index is 10.6. The third-order valence-corrected chi connectivity index (χ3v) is 2.40. The Morgan fingerprint density at radius 3 is 2.53 bits per heavy atom. The van der Waals surface area contributed by atoms with E-state index >= 15 is 0 Å². The monoisotopic (exact) mass is 257 g/mol. The SMILES string of the molecule is C=C(NOCCOS(C)(=O)=O)c1ccccc1. The summed E-state index contributed by atoms with van der Waals surface area (Å²) >= 11 is 0. The first-order chi connectivity index (χ1) is 7.99. The van der Waals surface area contributed by atoms with E-state index in [1.54, 1.807) is 0 Å². The highest BCUT2D eigenvalue weighted by Gasteiger charge is 2.01. The summed E-state index contributed by atoms with van der Waals surface area (Å²) < 4.78 is 25.8. The van der Waals surface area contributed by atoms with Crippen molar-refractivity contribution in [1.82, 2.24) is 5.48 Å². The summed E-state index contributed by atoms with van der Waals surface area (Å²) in [4.78, 5) is 5.01. The number of rotatable bonds is 7. The first-order valence-electron chi connectivity index (χ1n) is 4.95. The van der Waals surface area contributed by atoms with E-state index in [1.165, 1.54) is 0 Å².